The fraction of sp³-hybridized carbons (Fsp3) is 0.200. The first-order chi connectivity index (χ1) is 12.6. The van der Waals surface area contributed by atoms with E-state index >= 15 is 0 Å². The maximum absolute atomic E-state index is 5.72. The minimum atomic E-state index is 0.574. The fourth-order valence-electron chi connectivity index (χ4n) is 2.55. The average Bonchev–Trinajstić information content (AvgIpc) is 3.07. The third-order valence-corrected chi connectivity index (χ3v) is 4.23. The van der Waals surface area contributed by atoms with Crippen LogP contribution in [-0.4, -0.2) is 22.1 Å². The SMILES string of the molecule is COc1ccc(NC(=S)N(Cc2cccnc2)Cc2ccc(C)o2)cc1. The lowest BCUT2D eigenvalue weighted by molar-refractivity contribution is 0.354. The molecule has 2 heterocycles. The second kappa shape index (κ2) is 8.49. The van der Waals surface area contributed by atoms with E-state index in [1.54, 1.807) is 13.3 Å². The maximum atomic E-state index is 5.72. The van der Waals surface area contributed by atoms with E-state index in [1.807, 2.05) is 61.7 Å². The standard InChI is InChI=1S/C20H21N3O2S/c1-15-5-8-19(25-15)14-23(13-16-4-3-11-21-12-16)20(26)22-17-6-9-18(24-2)10-7-17/h3-12H,13-14H2,1-2H3,(H,22,26). The van der Waals surface area contributed by atoms with Crippen LogP contribution < -0.4 is 10.1 Å². The number of ether oxygens (including phenoxy) is 1. The summed E-state index contributed by atoms with van der Waals surface area (Å²) in [4.78, 5) is 6.23. The predicted octanol–water partition coefficient (Wildman–Crippen LogP) is 4.39. The molecule has 0 unspecified atom stereocenters. The molecule has 26 heavy (non-hydrogen) atoms. The number of methoxy groups -OCH3 is 1. The lowest BCUT2D eigenvalue weighted by atomic mass is 10.2. The molecule has 0 spiro atoms. The highest BCUT2D eigenvalue weighted by Gasteiger charge is 2.14. The van der Waals surface area contributed by atoms with Gasteiger partial charge in [0.2, 0.25) is 0 Å². The van der Waals surface area contributed by atoms with Crippen LogP contribution in [0.15, 0.2) is 65.3 Å². The number of hydrogen-bond acceptors (Lipinski definition) is 4. The Bertz CT molecular complexity index is 847. The third-order valence-electron chi connectivity index (χ3n) is 3.87. The topological polar surface area (TPSA) is 50.5 Å². The van der Waals surface area contributed by atoms with Gasteiger partial charge in [-0.2, -0.15) is 0 Å². The number of nitrogens with zero attached hydrogens (tertiary/aromatic N) is 2. The zero-order valence-corrected chi connectivity index (χ0v) is 15.6. The van der Waals surface area contributed by atoms with Crippen LogP contribution in [0.5, 0.6) is 5.75 Å². The number of benzene rings is 1. The molecule has 0 aliphatic rings. The number of anilines is 1. The fourth-order valence-corrected chi connectivity index (χ4v) is 2.79. The van der Waals surface area contributed by atoms with Gasteiger partial charge in [0.25, 0.3) is 0 Å². The molecule has 0 amide bonds. The van der Waals surface area contributed by atoms with Crippen molar-refractivity contribution in [3.05, 3.63) is 78.0 Å². The van der Waals surface area contributed by atoms with Crippen molar-refractivity contribution in [1.82, 2.24) is 9.88 Å². The number of hydrogen-bond donors (Lipinski definition) is 1. The number of rotatable bonds is 6. The van der Waals surface area contributed by atoms with Gasteiger partial charge in [-0.3, -0.25) is 4.98 Å². The van der Waals surface area contributed by atoms with Crippen molar-refractivity contribution >= 4 is 23.0 Å². The summed E-state index contributed by atoms with van der Waals surface area (Å²) in [6.07, 6.45) is 3.61. The van der Waals surface area contributed by atoms with Crippen molar-refractivity contribution in [2.75, 3.05) is 12.4 Å². The van der Waals surface area contributed by atoms with E-state index < -0.39 is 0 Å². The van der Waals surface area contributed by atoms with Crippen LogP contribution in [0.3, 0.4) is 0 Å². The van der Waals surface area contributed by atoms with E-state index in [2.05, 4.69) is 15.2 Å². The van der Waals surface area contributed by atoms with E-state index in [-0.39, 0.29) is 0 Å². The van der Waals surface area contributed by atoms with Gasteiger partial charge < -0.3 is 19.4 Å². The largest absolute Gasteiger partial charge is 0.497 e. The highest BCUT2D eigenvalue weighted by atomic mass is 32.1. The van der Waals surface area contributed by atoms with Gasteiger partial charge >= 0.3 is 0 Å². The van der Waals surface area contributed by atoms with Gasteiger partial charge in [0.1, 0.15) is 17.3 Å². The minimum absolute atomic E-state index is 0.574. The molecular formula is C20H21N3O2S. The first-order valence-corrected chi connectivity index (χ1v) is 8.69. The monoisotopic (exact) mass is 367 g/mol. The zero-order chi connectivity index (χ0) is 18.4. The normalized spacial score (nSPS) is 10.4. The molecule has 1 aromatic carbocycles. The quantitative estimate of drug-likeness (QED) is 0.652. The number of thiocarbonyl (C=S) groups is 1. The molecule has 0 radical (unpaired) electrons. The summed E-state index contributed by atoms with van der Waals surface area (Å²) in [7, 11) is 1.65. The Hall–Kier alpha value is -2.86. The van der Waals surface area contributed by atoms with Gasteiger partial charge in [0, 0.05) is 24.6 Å². The van der Waals surface area contributed by atoms with Gasteiger partial charge in [0.15, 0.2) is 5.11 Å². The van der Waals surface area contributed by atoms with E-state index in [0.717, 1.165) is 28.5 Å². The Labute approximate surface area is 158 Å². The second-order valence-corrected chi connectivity index (χ2v) is 6.28. The van der Waals surface area contributed by atoms with E-state index in [0.29, 0.717) is 18.2 Å². The van der Waals surface area contributed by atoms with Crippen LogP contribution in [-0.2, 0) is 13.1 Å². The molecule has 3 aromatic rings. The molecule has 6 heteroatoms. The van der Waals surface area contributed by atoms with Gasteiger partial charge in [-0.15, -0.1) is 0 Å². The summed E-state index contributed by atoms with van der Waals surface area (Å²) in [5.74, 6) is 2.56. The molecule has 5 nitrogen and oxygen atoms in total. The number of nitrogens with one attached hydrogen (secondary N) is 1. The van der Waals surface area contributed by atoms with Crippen LogP contribution in [0.4, 0.5) is 5.69 Å². The lowest BCUT2D eigenvalue weighted by Gasteiger charge is -2.25. The molecule has 0 bridgehead atoms. The average molecular weight is 367 g/mol. The number of aryl methyl sites for hydroxylation is 1. The zero-order valence-electron chi connectivity index (χ0n) is 14.8. The maximum Gasteiger partial charge on any atom is 0.174 e. The van der Waals surface area contributed by atoms with Crippen LogP contribution in [0.1, 0.15) is 17.1 Å². The van der Waals surface area contributed by atoms with Crippen LogP contribution in [0, 0.1) is 6.92 Å². The molecule has 0 fully saturated rings. The lowest BCUT2D eigenvalue weighted by Crippen LogP contribution is -2.33. The van der Waals surface area contributed by atoms with Crippen molar-refractivity contribution in [2.45, 2.75) is 20.0 Å². The van der Waals surface area contributed by atoms with Gasteiger partial charge in [-0.05, 0) is 67.2 Å². The minimum Gasteiger partial charge on any atom is -0.497 e. The summed E-state index contributed by atoms with van der Waals surface area (Å²) < 4.78 is 10.9. The Morgan fingerprint density at radius 2 is 1.96 bits per heavy atom. The number of furan rings is 1. The van der Waals surface area contributed by atoms with Crippen molar-refractivity contribution in [3.63, 3.8) is 0 Å². The number of aromatic nitrogens is 1. The summed E-state index contributed by atoms with van der Waals surface area (Å²) in [5, 5.41) is 3.90. The Morgan fingerprint density at radius 3 is 2.58 bits per heavy atom. The van der Waals surface area contributed by atoms with Crippen LogP contribution in [0.25, 0.3) is 0 Å². The molecule has 0 atom stereocenters. The van der Waals surface area contributed by atoms with Crippen LogP contribution in [0.2, 0.25) is 0 Å². The van der Waals surface area contributed by atoms with Crippen molar-refractivity contribution in [1.29, 1.82) is 0 Å². The van der Waals surface area contributed by atoms with Gasteiger partial charge in [0.05, 0.1) is 13.7 Å². The highest BCUT2D eigenvalue weighted by molar-refractivity contribution is 7.80. The second-order valence-electron chi connectivity index (χ2n) is 5.89. The summed E-state index contributed by atoms with van der Waals surface area (Å²) in [5.41, 5.74) is 1.98. The van der Waals surface area contributed by atoms with Crippen LogP contribution >= 0.6 is 12.2 Å². The van der Waals surface area contributed by atoms with Crippen molar-refractivity contribution < 1.29 is 9.15 Å². The molecule has 0 aliphatic carbocycles. The number of pyridine rings is 1. The summed E-state index contributed by atoms with van der Waals surface area (Å²) in [6, 6.07) is 15.5. The Kier molecular flexibility index (Phi) is 5.86. The summed E-state index contributed by atoms with van der Waals surface area (Å²) in [6.45, 7) is 3.14. The molecule has 1 N–H and O–H groups in total. The first-order valence-electron chi connectivity index (χ1n) is 8.28. The molecular weight excluding hydrogens is 346 g/mol. The van der Waals surface area contributed by atoms with Crippen molar-refractivity contribution in [3.8, 4) is 5.75 Å². The third kappa shape index (κ3) is 4.83. The molecule has 134 valence electrons. The Morgan fingerprint density at radius 1 is 1.15 bits per heavy atom. The molecule has 0 saturated heterocycles. The molecule has 2 aromatic heterocycles. The van der Waals surface area contributed by atoms with E-state index in [4.69, 9.17) is 21.4 Å². The van der Waals surface area contributed by atoms with Gasteiger partial charge in [-0.1, -0.05) is 6.07 Å². The van der Waals surface area contributed by atoms with E-state index in [9.17, 15) is 0 Å². The Balaban J connectivity index is 1.75. The van der Waals surface area contributed by atoms with E-state index in [1.165, 1.54) is 0 Å². The predicted molar refractivity (Wildman–Crippen MR) is 106 cm³/mol. The van der Waals surface area contributed by atoms with Gasteiger partial charge in [-0.25, -0.2) is 0 Å². The first kappa shape index (κ1) is 17.9. The molecule has 0 aliphatic heterocycles. The van der Waals surface area contributed by atoms with Crippen molar-refractivity contribution in [2.24, 2.45) is 0 Å². The smallest absolute Gasteiger partial charge is 0.174 e. The molecule has 0 saturated carbocycles. The summed E-state index contributed by atoms with van der Waals surface area (Å²) >= 11 is 5.65. The molecule has 3 rings (SSSR count). The highest BCUT2D eigenvalue weighted by Crippen LogP contribution is 2.18.